The molecule has 0 aromatic heterocycles. The Balaban J connectivity index is 0. The van der Waals surface area contributed by atoms with Crippen LogP contribution in [-0.4, -0.2) is 13.6 Å². The van der Waals surface area contributed by atoms with Gasteiger partial charge in [0.15, 0.2) is 0 Å². The summed E-state index contributed by atoms with van der Waals surface area (Å²) >= 11 is 0. The number of ether oxygens (including phenoxy) is 1. The molecular formula is C2H3O2Y+2. The average molecular weight is 148 g/mol. The second-order valence-corrected chi connectivity index (χ2v) is 0.287. The van der Waals surface area contributed by atoms with Crippen LogP contribution in [0.25, 0.3) is 0 Å². The van der Waals surface area contributed by atoms with Gasteiger partial charge < -0.3 is 9.53 Å². The molecule has 0 spiro atoms. The van der Waals surface area contributed by atoms with Crippen LogP contribution in [-0.2, 0) is 42.2 Å². The van der Waals surface area contributed by atoms with Gasteiger partial charge >= 0.3 is 32.7 Å². The molecule has 0 radical (unpaired) electrons. The molecule has 0 rings (SSSR count). The fraction of sp³-hybridized carbons (Fsp3) is 0.500. The van der Waals surface area contributed by atoms with E-state index in [1.165, 1.54) is 13.6 Å². The molecule has 0 saturated carbocycles. The SMILES string of the molecule is CO[C-]=O.[Y+3]. The Kier molecular flexibility index (Phi) is 16.1. The van der Waals surface area contributed by atoms with E-state index in [1.54, 1.807) is 0 Å². The zero-order valence-electron chi connectivity index (χ0n) is 2.89. The van der Waals surface area contributed by atoms with Crippen LogP contribution in [0.4, 0.5) is 0 Å². The average Bonchev–Trinajstić information content (AvgIpc) is 1.37. The van der Waals surface area contributed by atoms with Crippen LogP contribution >= 0.6 is 0 Å². The molecule has 0 aliphatic rings. The van der Waals surface area contributed by atoms with Crippen LogP contribution in [0.15, 0.2) is 0 Å². The maximum Gasteiger partial charge on any atom is 3.00 e. The van der Waals surface area contributed by atoms with Crippen LogP contribution < -0.4 is 0 Å². The second kappa shape index (κ2) is 8.82. The zero-order valence-corrected chi connectivity index (χ0v) is 5.73. The number of carbonyl (C=O) groups excluding carboxylic acids is 1. The molecule has 0 heterocycles. The monoisotopic (exact) mass is 148 g/mol. The number of hydrogen-bond acceptors (Lipinski definition) is 2. The van der Waals surface area contributed by atoms with Gasteiger partial charge in [-0.3, -0.25) is 0 Å². The Morgan fingerprint density at radius 1 is 1.80 bits per heavy atom. The molecule has 3 heteroatoms. The maximum absolute atomic E-state index is 8.83. The van der Waals surface area contributed by atoms with E-state index in [0.717, 1.165) is 0 Å². The molecule has 0 fully saturated rings. The van der Waals surface area contributed by atoms with Gasteiger partial charge in [-0.1, -0.05) is 6.47 Å². The first-order valence-electron chi connectivity index (χ1n) is 0.816. The quantitative estimate of drug-likeness (QED) is 0.477. The molecule has 0 aromatic carbocycles. The van der Waals surface area contributed by atoms with E-state index in [4.69, 9.17) is 4.79 Å². The molecule has 24 valence electrons. The summed E-state index contributed by atoms with van der Waals surface area (Å²) in [5, 5.41) is 0. The van der Waals surface area contributed by atoms with Crippen LogP contribution in [0.5, 0.6) is 0 Å². The summed E-state index contributed by atoms with van der Waals surface area (Å²) in [7, 11) is 1.26. The minimum absolute atomic E-state index is 0. The van der Waals surface area contributed by atoms with Crippen molar-refractivity contribution in [2.75, 3.05) is 7.11 Å². The number of hydrogen-bond donors (Lipinski definition) is 0. The smallest absolute Gasteiger partial charge is 0.655 e. The van der Waals surface area contributed by atoms with E-state index in [1.807, 2.05) is 0 Å². The Morgan fingerprint density at radius 2 is 2.00 bits per heavy atom. The third-order valence-corrected chi connectivity index (χ3v) is 0.0833. The standard InChI is InChI=1S/C2H3O2.Y/c1-4-2-3;/h1H3;/q-1;+3. The van der Waals surface area contributed by atoms with Crippen LogP contribution in [0, 0.1) is 0 Å². The Morgan fingerprint density at radius 3 is 2.00 bits per heavy atom. The van der Waals surface area contributed by atoms with Crippen molar-refractivity contribution < 1.29 is 42.2 Å². The summed E-state index contributed by atoms with van der Waals surface area (Å²) in [4.78, 5) is 8.83. The predicted molar refractivity (Wildman–Crippen MR) is 12.7 cm³/mol. The van der Waals surface area contributed by atoms with Gasteiger partial charge in [-0.2, -0.15) is 0 Å². The summed E-state index contributed by atoms with van der Waals surface area (Å²) in [6.45, 7) is 1.18. The molecule has 0 unspecified atom stereocenters. The van der Waals surface area contributed by atoms with Crippen molar-refractivity contribution in [2.45, 2.75) is 0 Å². The molecule has 0 aliphatic carbocycles. The summed E-state index contributed by atoms with van der Waals surface area (Å²) in [6, 6.07) is 0. The molecule has 0 amide bonds. The van der Waals surface area contributed by atoms with Crippen molar-refractivity contribution >= 4 is 6.47 Å². The third-order valence-electron chi connectivity index (χ3n) is 0.0833. The summed E-state index contributed by atoms with van der Waals surface area (Å²) in [5.74, 6) is 0. The Hall–Kier alpha value is 0.574. The van der Waals surface area contributed by atoms with Crippen molar-refractivity contribution in [3.63, 3.8) is 0 Å². The van der Waals surface area contributed by atoms with Crippen LogP contribution in [0.2, 0.25) is 0 Å². The van der Waals surface area contributed by atoms with Crippen molar-refractivity contribution in [2.24, 2.45) is 0 Å². The van der Waals surface area contributed by atoms with Gasteiger partial charge in [0, 0.05) is 7.11 Å². The van der Waals surface area contributed by atoms with E-state index in [2.05, 4.69) is 4.74 Å². The molecule has 0 saturated heterocycles. The van der Waals surface area contributed by atoms with E-state index in [9.17, 15) is 0 Å². The third kappa shape index (κ3) is 12.2. The topological polar surface area (TPSA) is 26.3 Å². The molecule has 0 atom stereocenters. The van der Waals surface area contributed by atoms with E-state index in [0.29, 0.717) is 0 Å². The Bertz CT molecular complexity index is 21.6. The molecule has 0 bridgehead atoms. The minimum Gasteiger partial charge on any atom is -0.655 e. The van der Waals surface area contributed by atoms with Crippen molar-refractivity contribution in [3.8, 4) is 0 Å². The van der Waals surface area contributed by atoms with E-state index >= 15 is 0 Å². The second-order valence-electron chi connectivity index (χ2n) is 0.287. The van der Waals surface area contributed by atoms with Crippen LogP contribution in [0.3, 0.4) is 0 Å². The molecule has 2 nitrogen and oxygen atoms in total. The number of rotatable bonds is 1. The van der Waals surface area contributed by atoms with Crippen molar-refractivity contribution in [1.29, 1.82) is 0 Å². The van der Waals surface area contributed by atoms with Gasteiger partial charge in [0.1, 0.15) is 0 Å². The van der Waals surface area contributed by atoms with Crippen LogP contribution in [0.1, 0.15) is 0 Å². The van der Waals surface area contributed by atoms with Gasteiger partial charge in [0.2, 0.25) is 0 Å². The zero-order chi connectivity index (χ0) is 3.41. The van der Waals surface area contributed by atoms with Gasteiger partial charge in [0.05, 0.1) is 0 Å². The van der Waals surface area contributed by atoms with Gasteiger partial charge in [-0.15, -0.1) is 0 Å². The first-order valence-corrected chi connectivity index (χ1v) is 0.816. The molecular weight excluding hydrogens is 145 g/mol. The first kappa shape index (κ1) is 9.13. The predicted octanol–water partition coefficient (Wildman–Crippen LogP) is -0.302. The molecule has 0 N–H and O–H groups in total. The summed E-state index contributed by atoms with van der Waals surface area (Å²) in [6.07, 6.45) is 0. The fourth-order valence-corrected chi connectivity index (χ4v) is 0. The van der Waals surface area contributed by atoms with Gasteiger partial charge in [0.25, 0.3) is 0 Å². The Labute approximate surface area is 55.8 Å². The van der Waals surface area contributed by atoms with Gasteiger partial charge in [-0.05, 0) is 0 Å². The first-order chi connectivity index (χ1) is 1.91. The van der Waals surface area contributed by atoms with Crippen molar-refractivity contribution in [3.05, 3.63) is 0 Å². The summed E-state index contributed by atoms with van der Waals surface area (Å²) in [5.41, 5.74) is 0. The number of methoxy groups -OCH3 is 1. The largest absolute Gasteiger partial charge is 3.00 e. The van der Waals surface area contributed by atoms with Gasteiger partial charge in [-0.25, -0.2) is 0 Å². The van der Waals surface area contributed by atoms with Crippen molar-refractivity contribution in [1.82, 2.24) is 0 Å². The van der Waals surface area contributed by atoms with E-state index < -0.39 is 0 Å². The van der Waals surface area contributed by atoms with E-state index in [-0.39, 0.29) is 32.7 Å². The maximum atomic E-state index is 8.83. The minimum atomic E-state index is 0. The fourth-order valence-electron chi connectivity index (χ4n) is 0. The molecule has 0 aromatic rings. The normalized spacial score (nSPS) is 4.20. The molecule has 5 heavy (non-hydrogen) atoms. The summed E-state index contributed by atoms with van der Waals surface area (Å²) < 4.78 is 3.74. The molecule has 0 aliphatic heterocycles.